The standard InChI is InChI=1S/C26H24ClFN4O4S/c1-16-7-6-9-20(11-16)32-17(2)29-30-26(32)37-24(14-31(33)34)19-12-21(27)25(23(13-19)35-3)36-15-18-8-4-5-10-22(18)28/h4-13,24H,14-15H2,1-3H3/t24-/m0/s1. The number of thioether (sulfide) groups is 1. The van der Waals surface area contributed by atoms with Crippen molar-refractivity contribution in [3.8, 4) is 17.2 Å². The van der Waals surface area contributed by atoms with Crippen molar-refractivity contribution in [1.29, 1.82) is 0 Å². The van der Waals surface area contributed by atoms with Crippen molar-refractivity contribution in [1.82, 2.24) is 14.8 Å². The van der Waals surface area contributed by atoms with Crippen molar-refractivity contribution in [3.63, 3.8) is 0 Å². The minimum atomic E-state index is -0.658. The number of hydrogen-bond acceptors (Lipinski definition) is 7. The summed E-state index contributed by atoms with van der Waals surface area (Å²) in [7, 11) is 1.44. The number of halogens is 2. The van der Waals surface area contributed by atoms with Gasteiger partial charge < -0.3 is 9.47 Å². The van der Waals surface area contributed by atoms with Crippen LogP contribution >= 0.6 is 23.4 Å². The Hall–Kier alpha value is -3.63. The van der Waals surface area contributed by atoms with Crippen molar-refractivity contribution in [3.05, 3.63) is 104 Å². The van der Waals surface area contributed by atoms with Crippen molar-refractivity contribution in [2.45, 2.75) is 30.9 Å². The summed E-state index contributed by atoms with van der Waals surface area (Å²) in [5.41, 5.74) is 2.83. The van der Waals surface area contributed by atoms with Crippen LogP contribution in [0.5, 0.6) is 11.5 Å². The van der Waals surface area contributed by atoms with E-state index < -0.39 is 11.1 Å². The quantitative estimate of drug-likeness (QED) is 0.130. The summed E-state index contributed by atoms with van der Waals surface area (Å²) in [5, 5.41) is 20.1. The van der Waals surface area contributed by atoms with Gasteiger partial charge in [0.15, 0.2) is 16.7 Å². The number of aryl methyl sites for hydroxylation is 2. The van der Waals surface area contributed by atoms with Gasteiger partial charge in [0.2, 0.25) is 6.54 Å². The Kier molecular flexibility index (Phi) is 8.30. The zero-order chi connectivity index (χ0) is 26.5. The van der Waals surface area contributed by atoms with E-state index in [9.17, 15) is 14.5 Å². The summed E-state index contributed by atoms with van der Waals surface area (Å²) < 4.78 is 27.2. The number of nitro groups is 1. The highest BCUT2D eigenvalue weighted by Crippen LogP contribution is 2.43. The molecule has 8 nitrogen and oxygen atoms in total. The minimum absolute atomic E-state index is 0.0615. The van der Waals surface area contributed by atoms with E-state index in [1.165, 1.54) is 24.9 Å². The highest BCUT2D eigenvalue weighted by atomic mass is 35.5. The Labute approximate surface area is 222 Å². The van der Waals surface area contributed by atoms with Gasteiger partial charge in [-0.2, -0.15) is 0 Å². The Morgan fingerprint density at radius 1 is 1.14 bits per heavy atom. The molecule has 0 N–H and O–H groups in total. The lowest BCUT2D eigenvalue weighted by Crippen LogP contribution is -2.12. The molecule has 0 aliphatic carbocycles. The molecule has 0 spiro atoms. The molecular weight excluding hydrogens is 519 g/mol. The molecule has 0 fully saturated rings. The van der Waals surface area contributed by atoms with Gasteiger partial charge >= 0.3 is 0 Å². The van der Waals surface area contributed by atoms with Gasteiger partial charge in [0.1, 0.15) is 23.5 Å². The number of ether oxygens (including phenoxy) is 2. The molecule has 0 saturated carbocycles. The highest BCUT2D eigenvalue weighted by molar-refractivity contribution is 7.99. The van der Waals surface area contributed by atoms with Crippen LogP contribution in [0.3, 0.4) is 0 Å². The van der Waals surface area contributed by atoms with Crippen LogP contribution in [0.4, 0.5) is 4.39 Å². The maximum absolute atomic E-state index is 14.0. The zero-order valence-electron chi connectivity index (χ0n) is 20.4. The van der Waals surface area contributed by atoms with Gasteiger partial charge in [0.25, 0.3) is 0 Å². The van der Waals surface area contributed by atoms with Crippen molar-refractivity contribution in [2.75, 3.05) is 13.7 Å². The summed E-state index contributed by atoms with van der Waals surface area (Å²) in [6.07, 6.45) is 0. The summed E-state index contributed by atoms with van der Waals surface area (Å²) in [6.45, 7) is 3.35. The number of nitrogens with zero attached hydrogens (tertiary/aromatic N) is 4. The van der Waals surface area contributed by atoms with Gasteiger partial charge in [0, 0.05) is 16.2 Å². The molecule has 11 heteroatoms. The topological polar surface area (TPSA) is 92.3 Å². The van der Waals surface area contributed by atoms with Crippen molar-refractivity contribution < 1.29 is 18.8 Å². The van der Waals surface area contributed by atoms with E-state index in [1.54, 1.807) is 30.3 Å². The molecule has 37 heavy (non-hydrogen) atoms. The smallest absolute Gasteiger partial charge is 0.220 e. The van der Waals surface area contributed by atoms with Crippen LogP contribution in [-0.2, 0) is 6.61 Å². The average molecular weight is 543 g/mol. The maximum Gasteiger partial charge on any atom is 0.220 e. The van der Waals surface area contributed by atoms with E-state index in [0.717, 1.165) is 11.3 Å². The highest BCUT2D eigenvalue weighted by Gasteiger charge is 2.26. The molecule has 0 aliphatic heterocycles. The Bertz CT molecular complexity index is 1430. The van der Waals surface area contributed by atoms with E-state index in [0.29, 0.717) is 22.1 Å². The number of benzene rings is 3. The third-order valence-electron chi connectivity index (χ3n) is 5.57. The molecule has 0 aliphatic rings. The summed E-state index contributed by atoms with van der Waals surface area (Å²) in [6, 6.07) is 17.3. The van der Waals surface area contributed by atoms with Crippen LogP contribution < -0.4 is 9.47 Å². The lowest BCUT2D eigenvalue weighted by atomic mass is 10.1. The first-order valence-electron chi connectivity index (χ1n) is 11.3. The minimum Gasteiger partial charge on any atom is -0.493 e. The molecule has 192 valence electrons. The maximum atomic E-state index is 14.0. The normalized spacial score (nSPS) is 11.8. The third-order valence-corrected chi connectivity index (χ3v) is 7.03. The lowest BCUT2D eigenvalue weighted by Gasteiger charge is -2.18. The van der Waals surface area contributed by atoms with Crippen LogP contribution in [0.2, 0.25) is 5.02 Å². The first kappa shape index (κ1) is 26.4. The van der Waals surface area contributed by atoms with E-state index in [1.807, 2.05) is 42.7 Å². The number of hydrogen-bond donors (Lipinski definition) is 0. The van der Waals surface area contributed by atoms with Crippen LogP contribution in [-0.4, -0.2) is 33.3 Å². The van der Waals surface area contributed by atoms with Gasteiger partial charge in [-0.1, -0.05) is 53.7 Å². The predicted molar refractivity (Wildman–Crippen MR) is 140 cm³/mol. The molecular formula is C26H24ClFN4O4S. The lowest BCUT2D eigenvalue weighted by molar-refractivity contribution is -0.479. The van der Waals surface area contributed by atoms with Crippen LogP contribution in [0.15, 0.2) is 65.8 Å². The largest absolute Gasteiger partial charge is 0.493 e. The molecule has 3 aromatic carbocycles. The monoisotopic (exact) mass is 542 g/mol. The fourth-order valence-corrected chi connectivity index (χ4v) is 5.22. The Balaban J connectivity index is 1.66. The molecule has 0 amide bonds. The van der Waals surface area contributed by atoms with Crippen molar-refractivity contribution in [2.24, 2.45) is 0 Å². The number of aromatic nitrogens is 3. The van der Waals surface area contributed by atoms with E-state index in [-0.39, 0.29) is 34.6 Å². The molecule has 4 aromatic rings. The second kappa shape index (κ2) is 11.6. The van der Waals surface area contributed by atoms with Gasteiger partial charge in [-0.15, -0.1) is 10.2 Å². The van der Waals surface area contributed by atoms with E-state index in [2.05, 4.69) is 10.2 Å². The van der Waals surface area contributed by atoms with Crippen LogP contribution in [0, 0.1) is 29.8 Å². The van der Waals surface area contributed by atoms with E-state index in [4.69, 9.17) is 21.1 Å². The van der Waals surface area contributed by atoms with Crippen LogP contribution in [0.1, 0.15) is 27.8 Å². The molecule has 1 atom stereocenters. The SMILES string of the molecule is COc1cc([C@H](C[N+](=O)[O-])Sc2nnc(C)n2-c2cccc(C)c2)cc(Cl)c1OCc1ccccc1F. The first-order valence-corrected chi connectivity index (χ1v) is 12.5. The van der Waals surface area contributed by atoms with Crippen LogP contribution in [0.25, 0.3) is 5.69 Å². The molecule has 0 unspecified atom stereocenters. The summed E-state index contributed by atoms with van der Waals surface area (Å²) in [4.78, 5) is 11.2. The fourth-order valence-electron chi connectivity index (χ4n) is 3.79. The molecule has 0 bridgehead atoms. The number of methoxy groups -OCH3 is 1. The Morgan fingerprint density at radius 3 is 2.62 bits per heavy atom. The van der Waals surface area contributed by atoms with Gasteiger partial charge in [-0.3, -0.25) is 14.7 Å². The summed E-state index contributed by atoms with van der Waals surface area (Å²) >= 11 is 7.75. The second-order valence-corrected chi connectivity index (χ2v) is 9.82. The molecule has 4 rings (SSSR count). The van der Waals surface area contributed by atoms with Gasteiger partial charge in [-0.05, 0) is 55.3 Å². The Morgan fingerprint density at radius 2 is 1.92 bits per heavy atom. The van der Waals surface area contributed by atoms with Gasteiger partial charge in [-0.25, -0.2) is 4.39 Å². The van der Waals surface area contributed by atoms with Gasteiger partial charge in [0.05, 0.1) is 12.1 Å². The first-order chi connectivity index (χ1) is 17.8. The molecule has 0 radical (unpaired) electrons. The summed E-state index contributed by atoms with van der Waals surface area (Å²) in [5.74, 6) is 0.758. The fraction of sp³-hybridized carbons (Fsp3) is 0.231. The number of rotatable bonds is 10. The zero-order valence-corrected chi connectivity index (χ0v) is 21.9. The third kappa shape index (κ3) is 6.20. The van der Waals surface area contributed by atoms with Crippen molar-refractivity contribution >= 4 is 23.4 Å². The van der Waals surface area contributed by atoms with E-state index >= 15 is 0 Å². The average Bonchev–Trinajstić information content (AvgIpc) is 3.22. The molecule has 0 saturated heterocycles. The predicted octanol–water partition coefficient (Wildman–Crippen LogP) is 6.37. The molecule has 1 aromatic heterocycles. The second-order valence-electron chi connectivity index (χ2n) is 8.24. The molecule has 1 heterocycles.